The lowest BCUT2D eigenvalue weighted by atomic mass is 9.92. The number of aromatic carboxylic acids is 1. The van der Waals surface area contributed by atoms with Gasteiger partial charge in [0, 0.05) is 19.3 Å². The lowest BCUT2D eigenvalue weighted by molar-refractivity contribution is -0.440. The van der Waals surface area contributed by atoms with Gasteiger partial charge in [-0.05, 0) is 104 Å². The van der Waals surface area contributed by atoms with E-state index in [0.29, 0.717) is 0 Å². The second-order valence-corrected chi connectivity index (χ2v) is 22.3. The predicted octanol–water partition coefficient (Wildman–Crippen LogP) is 22.0. The standard InChI is InChI=1S/C58H45F39O8/c59-41(60,44(65,66)47(71,72)50(77,78)53(83,84)56(89,90)91)19-1-4-22-100-34-13-7-30(8-14-34)27-103-37-25-33(40(98)99)26-38(104-28-31-9-15-35(16-10-31)101-23-5-2-20-42(61,62)45(67,68)48(73,74)51(79,80)54(85,86)57(92,93)94)39(37)105-29-32-11-17-36(18-12-32)102-24-6-3-21-43(63,64)46(69,70)49(75,76)52(81,82)55(87,88)58(95,96)97/h7-18,25-26H,1-6,19-24,27-29H2,(H,98,99). The van der Waals surface area contributed by atoms with Crippen LogP contribution in [-0.2, 0) is 19.8 Å². The molecule has 0 atom stereocenters. The van der Waals surface area contributed by atoms with E-state index in [0.717, 1.165) is 84.9 Å². The third-order valence-corrected chi connectivity index (χ3v) is 14.7. The molecule has 0 aliphatic heterocycles. The van der Waals surface area contributed by atoms with Crippen LogP contribution in [0.1, 0.15) is 84.8 Å². The number of ether oxygens (including phenoxy) is 6. The van der Waals surface area contributed by atoms with E-state index in [2.05, 4.69) is 0 Å². The molecule has 0 spiro atoms. The number of alkyl halides is 39. The third kappa shape index (κ3) is 17.9. The van der Waals surface area contributed by atoms with Crippen LogP contribution >= 0.6 is 0 Å². The number of carbonyl (C=O) groups is 1. The molecule has 0 aromatic heterocycles. The van der Waals surface area contributed by atoms with Crippen molar-refractivity contribution in [2.75, 3.05) is 19.8 Å². The minimum atomic E-state index is -8.11. The zero-order valence-electron chi connectivity index (χ0n) is 51.2. The van der Waals surface area contributed by atoms with Crippen LogP contribution < -0.4 is 28.4 Å². The van der Waals surface area contributed by atoms with Crippen molar-refractivity contribution in [1.29, 1.82) is 0 Å². The Balaban J connectivity index is 1.51. The molecule has 0 saturated carbocycles. The van der Waals surface area contributed by atoms with Crippen molar-refractivity contribution in [2.24, 2.45) is 0 Å². The molecular weight excluding hydrogens is 1570 g/mol. The summed E-state index contributed by atoms with van der Waals surface area (Å²) in [4.78, 5) is 12.4. The van der Waals surface area contributed by atoms with E-state index in [9.17, 15) is 181 Å². The molecule has 0 bridgehead atoms. The fourth-order valence-corrected chi connectivity index (χ4v) is 8.37. The fraction of sp³-hybridized carbons (Fsp3) is 0.569. The van der Waals surface area contributed by atoms with Gasteiger partial charge in [0.15, 0.2) is 11.5 Å². The Bertz CT molecular complexity index is 3340. The van der Waals surface area contributed by atoms with Gasteiger partial charge >= 0.3 is 113 Å². The molecule has 4 aromatic rings. The van der Waals surface area contributed by atoms with Gasteiger partial charge in [0.2, 0.25) is 5.75 Å². The highest BCUT2D eigenvalue weighted by molar-refractivity contribution is 5.89. The van der Waals surface area contributed by atoms with E-state index < -0.39 is 234 Å². The first-order chi connectivity index (χ1) is 47.2. The smallest absolute Gasteiger partial charge is 0.460 e. The van der Waals surface area contributed by atoms with Gasteiger partial charge in [-0.15, -0.1) is 0 Å². The third-order valence-electron chi connectivity index (χ3n) is 14.7. The number of carboxylic acids is 1. The largest absolute Gasteiger partial charge is 0.494 e. The molecule has 105 heavy (non-hydrogen) atoms. The minimum Gasteiger partial charge on any atom is -0.494 e. The summed E-state index contributed by atoms with van der Waals surface area (Å²) in [6, 6.07) is 15.1. The molecule has 0 heterocycles. The summed E-state index contributed by atoms with van der Waals surface area (Å²) in [5.74, 6) is -118. The summed E-state index contributed by atoms with van der Waals surface area (Å²) in [5.41, 5.74) is -0.353. The van der Waals surface area contributed by atoms with E-state index in [-0.39, 0.29) is 33.9 Å². The molecule has 0 fully saturated rings. The fourth-order valence-electron chi connectivity index (χ4n) is 8.37. The summed E-state index contributed by atoms with van der Waals surface area (Å²) in [7, 11) is 0. The van der Waals surface area contributed by atoms with Crippen LogP contribution in [0.2, 0.25) is 0 Å². The first kappa shape index (κ1) is 89.8. The summed E-state index contributed by atoms with van der Waals surface area (Å²) in [6.07, 6.45) is -37.0. The molecule has 1 N–H and O–H groups in total. The van der Waals surface area contributed by atoms with Crippen LogP contribution in [0.15, 0.2) is 84.9 Å². The second-order valence-electron chi connectivity index (χ2n) is 22.3. The molecule has 4 aromatic carbocycles. The number of rotatable bonds is 40. The normalized spacial score (nSPS) is 14.5. The van der Waals surface area contributed by atoms with Gasteiger partial charge in [0.25, 0.3) is 0 Å². The molecule has 0 aliphatic carbocycles. The topological polar surface area (TPSA) is 92.7 Å². The molecule has 4 rings (SSSR count). The molecule has 0 saturated heterocycles. The number of hydrogen-bond acceptors (Lipinski definition) is 7. The van der Waals surface area contributed by atoms with Gasteiger partial charge in [-0.3, -0.25) is 0 Å². The van der Waals surface area contributed by atoms with Crippen LogP contribution in [0.5, 0.6) is 34.5 Å². The molecule has 598 valence electrons. The average molecular weight is 1610 g/mol. The van der Waals surface area contributed by atoms with Crippen LogP contribution in [0, 0.1) is 0 Å². The first-order valence-corrected chi connectivity index (χ1v) is 28.5. The number of hydrogen-bond donors (Lipinski definition) is 1. The Morgan fingerprint density at radius 1 is 0.267 bits per heavy atom. The number of halogens is 39. The van der Waals surface area contributed by atoms with Gasteiger partial charge in [0.1, 0.15) is 37.1 Å². The predicted molar refractivity (Wildman–Crippen MR) is 276 cm³/mol. The zero-order chi connectivity index (χ0) is 81.1. The molecule has 47 heteroatoms. The number of carboxylic acid groups (broad SMARTS) is 1. The minimum absolute atomic E-state index is 0.0959. The van der Waals surface area contributed by atoms with Crippen LogP contribution in [0.25, 0.3) is 0 Å². The van der Waals surface area contributed by atoms with E-state index in [4.69, 9.17) is 28.4 Å². The summed E-state index contributed by atoms with van der Waals surface area (Å²) in [5, 5.41) is 10.0. The monoisotopic (exact) mass is 1610 g/mol. The number of unbranched alkanes of at least 4 members (excludes halogenated alkanes) is 3. The van der Waals surface area contributed by atoms with Gasteiger partial charge in [-0.2, -0.15) is 171 Å². The Labute approximate surface area is 561 Å². The van der Waals surface area contributed by atoms with Crippen molar-refractivity contribution in [2.45, 2.75) is 185 Å². The summed E-state index contributed by atoms with van der Waals surface area (Å²) < 4.78 is 559. The Morgan fingerprint density at radius 2 is 0.476 bits per heavy atom. The Kier molecular flexibility index (Phi) is 26.5. The highest BCUT2D eigenvalue weighted by Gasteiger charge is 2.93. The zero-order valence-corrected chi connectivity index (χ0v) is 51.2. The van der Waals surface area contributed by atoms with Crippen molar-refractivity contribution < 1.29 is 210 Å². The van der Waals surface area contributed by atoms with Gasteiger partial charge in [0.05, 0.1) is 25.4 Å². The second kappa shape index (κ2) is 30.9. The Hall–Kier alpha value is -7.58. The van der Waals surface area contributed by atoms with Crippen molar-refractivity contribution >= 4 is 5.97 Å². The highest BCUT2D eigenvalue weighted by atomic mass is 19.5. The average Bonchev–Trinajstić information content (AvgIpc) is 0.724. The van der Waals surface area contributed by atoms with Gasteiger partial charge in [-0.25, -0.2) is 4.79 Å². The Morgan fingerprint density at radius 3 is 0.686 bits per heavy atom. The summed E-state index contributed by atoms with van der Waals surface area (Å²) in [6.45, 7) is -4.23. The molecule has 0 amide bonds. The van der Waals surface area contributed by atoms with E-state index in [1.54, 1.807) is 0 Å². The van der Waals surface area contributed by atoms with Crippen LogP contribution in [0.3, 0.4) is 0 Å². The lowest BCUT2D eigenvalue weighted by Gasteiger charge is -2.39. The van der Waals surface area contributed by atoms with E-state index in [1.165, 1.54) is 0 Å². The SMILES string of the molecule is O=C(O)c1cc(OCc2ccc(OCCCCC(F)(F)C(F)(F)C(F)(F)C(F)(F)C(F)(F)C(F)(F)F)cc2)c(OCc2ccc(OCCCCC(F)(F)C(F)(F)C(F)(F)C(F)(F)C(F)(F)C(F)(F)F)cc2)c(OCc2ccc(OCCCCC(F)(F)C(F)(F)C(F)(F)C(F)(F)C(F)(F)C(F)(F)F)cc2)c1. The van der Waals surface area contributed by atoms with Crippen LogP contribution in [-0.4, -0.2) is 138 Å². The van der Waals surface area contributed by atoms with E-state index in [1.807, 2.05) is 0 Å². The molecular formula is C58H45F39O8. The van der Waals surface area contributed by atoms with Crippen molar-refractivity contribution in [3.05, 3.63) is 107 Å². The maximum absolute atomic E-state index is 14.3. The lowest BCUT2D eigenvalue weighted by Crippen LogP contribution is -2.70. The van der Waals surface area contributed by atoms with Crippen molar-refractivity contribution in [1.82, 2.24) is 0 Å². The molecule has 0 unspecified atom stereocenters. The first-order valence-electron chi connectivity index (χ1n) is 28.5. The quantitative estimate of drug-likeness (QED) is 0.0348. The van der Waals surface area contributed by atoms with E-state index >= 15 is 0 Å². The molecule has 8 nitrogen and oxygen atoms in total. The molecule has 0 radical (unpaired) electrons. The van der Waals surface area contributed by atoms with Crippen molar-refractivity contribution in [3.8, 4) is 34.5 Å². The maximum atomic E-state index is 14.3. The molecule has 0 aliphatic rings. The number of benzene rings is 4. The van der Waals surface area contributed by atoms with Crippen molar-refractivity contribution in [3.63, 3.8) is 0 Å². The van der Waals surface area contributed by atoms with Gasteiger partial charge < -0.3 is 33.5 Å². The van der Waals surface area contributed by atoms with Gasteiger partial charge in [-0.1, -0.05) is 36.4 Å². The van der Waals surface area contributed by atoms with Crippen LogP contribution in [0.4, 0.5) is 171 Å². The highest BCUT2D eigenvalue weighted by Crippen LogP contribution is 2.64. The maximum Gasteiger partial charge on any atom is 0.460 e. The summed E-state index contributed by atoms with van der Waals surface area (Å²) >= 11 is 0.